The van der Waals surface area contributed by atoms with Crippen LogP contribution in [0.15, 0.2) is 24.3 Å². The summed E-state index contributed by atoms with van der Waals surface area (Å²) in [6.45, 7) is 10.7. The highest BCUT2D eigenvalue weighted by Gasteiger charge is 2.30. The minimum atomic E-state index is -3.11. The molecule has 0 aliphatic rings. The van der Waals surface area contributed by atoms with E-state index >= 15 is 0 Å². The second kappa shape index (κ2) is 7.95. The first-order valence-electron chi connectivity index (χ1n) is 7.79. The van der Waals surface area contributed by atoms with Crippen LogP contribution in [0.1, 0.15) is 51.3 Å². The van der Waals surface area contributed by atoms with Crippen LogP contribution in [0.5, 0.6) is 0 Å². The van der Waals surface area contributed by atoms with Gasteiger partial charge < -0.3 is 5.32 Å². The molecule has 1 rings (SSSR count). The Balaban J connectivity index is 3.04. The summed E-state index contributed by atoms with van der Waals surface area (Å²) in [5.74, 6) is 0.395. The van der Waals surface area contributed by atoms with Crippen LogP contribution in [0.25, 0.3) is 0 Å². The maximum Gasteiger partial charge on any atom is 0.155 e. The summed E-state index contributed by atoms with van der Waals surface area (Å²) in [4.78, 5) is 0. The average molecular weight is 311 g/mol. The number of hydrogen-bond acceptors (Lipinski definition) is 3. The summed E-state index contributed by atoms with van der Waals surface area (Å²) < 4.78 is 25.1. The van der Waals surface area contributed by atoms with E-state index in [9.17, 15) is 8.42 Å². The molecule has 0 aromatic heterocycles. The first-order chi connectivity index (χ1) is 9.77. The first kappa shape index (κ1) is 18.2. The molecule has 4 heteroatoms. The van der Waals surface area contributed by atoms with Gasteiger partial charge in [0.05, 0.1) is 11.0 Å². The summed E-state index contributed by atoms with van der Waals surface area (Å²) >= 11 is 0. The molecule has 1 N–H and O–H groups in total. The van der Waals surface area contributed by atoms with E-state index in [0.717, 1.165) is 18.5 Å². The van der Waals surface area contributed by atoms with Crippen LogP contribution in [-0.2, 0) is 9.84 Å². The second-order valence-corrected chi connectivity index (χ2v) is 8.67. The summed E-state index contributed by atoms with van der Waals surface area (Å²) in [5, 5.41) is 2.98. The van der Waals surface area contributed by atoms with E-state index in [1.807, 2.05) is 52.0 Å². The Bertz CT molecular complexity index is 520. The molecule has 0 spiro atoms. The van der Waals surface area contributed by atoms with Gasteiger partial charge in [0, 0.05) is 6.04 Å². The van der Waals surface area contributed by atoms with Gasteiger partial charge in [-0.15, -0.1) is 0 Å². The normalized spacial score (nSPS) is 15.1. The topological polar surface area (TPSA) is 46.2 Å². The van der Waals surface area contributed by atoms with Crippen molar-refractivity contribution in [2.24, 2.45) is 5.92 Å². The van der Waals surface area contributed by atoms with E-state index in [0.29, 0.717) is 0 Å². The third-order valence-corrected chi connectivity index (χ3v) is 6.19. The lowest BCUT2D eigenvalue weighted by molar-refractivity contribution is 0.494. The number of hydrogen-bond donors (Lipinski definition) is 1. The fourth-order valence-corrected chi connectivity index (χ4v) is 4.35. The monoisotopic (exact) mass is 311 g/mol. The minimum Gasteiger partial charge on any atom is -0.309 e. The summed E-state index contributed by atoms with van der Waals surface area (Å²) in [5.41, 5.74) is 2.24. The van der Waals surface area contributed by atoms with Crippen LogP contribution >= 0.6 is 0 Å². The molecule has 120 valence electrons. The number of benzene rings is 1. The molecule has 0 heterocycles. The molecule has 2 unspecified atom stereocenters. The molecule has 0 saturated carbocycles. The Morgan fingerprint density at radius 1 is 1.10 bits per heavy atom. The Kier molecular flexibility index (Phi) is 6.88. The minimum absolute atomic E-state index is 0.144. The maximum absolute atomic E-state index is 12.5. The van der Waals surface area contributed by atoms with Crippen LogP contribution in [-0.4, -0.2) is 26.0 Å². The van der Waals surface area contributed by atoms with Crippen molar-refractivity contribution in [3.8, 4) is 0 Å². The zero-order chi connectivity index (χ0) is 16.0. The summed E-state index contributed by atoms with van der Waals surface area (Å²) in [6, 6.07) is 8.00. The molecule has 0 fully saturated rings. The highest BCUT2D eigenvalue weighted by atomic mass is 32.2. The zero-order valence-electron chi connectivity index (χ0n) is 13.9. The van der Waals surface area contributed by atoms with E-state index < -0.39 is 15.1 Å². The quantitative estimate of drug-likeness (QED) is 0.799. The van der Waals surface area contributed by atoms with E-state index in [1.165, 1.54) is 5.56 Å². The molecule has 3 nitrogen and oxygen atoms in total. The molecule has 0 bridgehead atoms. The van der Waals surface area contributed by atoms with Gasteiger partial charge in [-0.25, -0.2) is 8.42 Å². The van der Waals surface area contributed by atoms with Crippen molar-refractivity contribution in [1.82, 2.24) is 5.32 Å². The van der Waals surface area contributed by atoms with Gasteiger partial charge in [0.15, 0.2) is 9.84 Å². The molecule has 0 radical (unpaired) electrons. The van der Waals surface area contributed by atoms with Gasteiger partial charge in [-0.05, 0) is 38.3 Å². The van der Waals surface area contributed by atoms with Gasteiger partial charge >= 0.3 is 0 Å². The van der Waals surface area contributed by atoms with E-state index in [-0.39, 0.29) is 17.7 Å². The fraction of sp³-hybridized carbons (Fsp3) is 0.647. The third kappa shape index (κ3) is 5.44. The van der Waals surface area contributed by atoms with Crippen molar-refractivity contribution in [2.75, 3.05) is 12.3 Å². The van der Waals surface area contributed by atoms with Gasteiger partial charge in [0.2, 0.25) is 0 Å². The molecule has 1 aromatic rings. The molecule has 0 aliphatic heterocycles. The van der Waals surface area contributed by atoms with Crippen LogP contribution in [0.3, 0.4) is 0 Å². The summed E-state index contributed by atoms with van der Waals surface area (Å²) in [7, 11) is -3.11. The molecule has 1 aromatic carbocycles. The lowest BCUT2D eigenvalue weighted by Crippen LogP contribution is -2.37. The van der Waals surface area contributed by atoms with Crippen molar-refractivity contribution in [1.29, 1.82) is 0 Å². The predicted molar refractivity (Wildman–Crippen MR) is 90.3 cm³/mol. The van der Waals surface area contributed by atoms with Crippen LogP contribution < -0.4 is 5.32 Å². The van der Waals surface area contributed by atoms with Gasteiger partial charge in [-0.3, -0.25) is 0 Å². The molecular formula is C17H29NO2S. The molecule has 2 atom stereocenters. The molecular weight excluding hydrogens is 282 g/mol. The molecule has 0 aliphatic carbocycles. The number of nitrogens with one attached hydrogen (secondary N) is 1. The number of rotatable bonds is 8. The van der Waals surface area contributed by atoms with Crippen molar-refractivity contribution in [2.45, 2.75) is 52.3 Å². The van der Waals surface area contributed by atoms with Crippen LogP contribution in [0.4, 0.5) is 0 Å². The lowest BCUT2D eigenvalue weighted by Gasteiger charge is -2.26. The van der Waals surface area contributed by atoms with Crippen molar-refractivity contribution < 1.29 is 8.42 Å². The van der Waals surface area contributed by atoms with Gasteiger partial charge in [-0.1, -0.05) is 50.6 Å². The molecule has 0 amide bonds. The van der Waals surface area contributed by atoms with Crippen LogP contribution in [0.2, 0.25) is 0 Å². The Hall–Kier alpha value is -0.870. The Morgan fingerprint density at radius 2 is 1.67 bits per heavy atom. The predicted octanol–water partition coefficient (Wildman–Crippen LogP) is 3.50. The summed E-state index contributed by atoms with van der Waals surface area (Å²) in [6.07, 6.45) is 0.985. The Labute approximate surface area is 130 Å². The smallest absolute Gasteiger partial charge is 0.155 e. The molecule has 21 heavy (non-hydrogen) atoms. The third-order valence-electron chi connectivity index (χ3n) is 3.65. The zero-order valence-corrected chi connectivity index (χ0v) is 14.7. The van der Waals surface area contributed by atoms with Crippen LogP contribution in [0, 0.1) is 12.8 Å². The second-order valence-electron chi connectivity index (χ2n) is 6.27. The highest BCUT2D eigenvalue weighted by molar-refractivity contribution is 7.92. The Morgan fingerprint density at radius 3 is 2.14 bits per heavy atom. The maximum atomic E-state index is 12.5. The van der Waals surface area contributed by atoms with Crippen molar-refractivity contribution >= 4 is 9.84 Å². The SMILES string of the molecule is CCCNC(c1ccc(C)cc1)C(C)S(=O)(=O)CC(C)C. The number of sulfone groups is 1. The average Bonchev–Trinajstić information content (AvgIpc) is 2.39. The largest absolute Gasteiger partial charge is 0.309 e. The van der Waals surface area contributed by atoms with E-state index in [4.69, 9.17) is 0 Å². The highest BCUT2D eigenvalue weighted by Crippen LogP contribution is 2.24. The van der Waals surface area contributed by atoms with Gasteiger partial charge in [0.25, 0.3) is 0 Å². The van der Waals surface area contributed by atoms with E-state index in [2.05, 4.69) is 12.2 Å². The van der Waals surface area contributed by atoms with E-state index in [1.54, 1.807) is 0 Å². The standard InChI is InChI=1S/C17H29NO2S/c1-6-11-18-17(16-9-7-14(4)8-10-16)15(5)21(19,20)12-13(2)3/h7-10,13,15,17-18H,6,11-12H2,1-5H3. The molecule has 0 saturated heterocycles. The van der Waals surface area contributed by atoms with Crippen molar-refractivity contribution in [3.63, 3.8) is 0 Å². The van der Waals surface area contributed by atoms with Gasteiger partial charge in [0.1, 0.15) is 0 Å². The number of aryl methyl sites for hydroxylation is 1. The first-order valence-corrected chi connectivity index (χ1v) is 9.51. The van der Waals surface area contributed by atoms with Gasteiger partial charge in [-0.2, -0.15) is 0 Å². The lowest BCUT2D eigenvalue weighted by atomic mass is 10.0. The fourth-order valence-electron chi connectivity index (χ4n) is 2.45. The van der Waals surface area contributed by atoms with Crippen molar-refractivity contribution in [3.05, 3.63) is 35.4 Å².